The van der Waals surface area contributed by atoms with Crippen molar-refractivity contribution in [3.05, 3.63) is 46.3 Å². The molecular weight excluding hydrogens is 380 g/mol. The summed E-state index contributed by atoms with van der Waals surface area (Å²) in [5.41, 5.74) is 1.81. The van der Waals surface area contributed by atoms with Crippen LogP contribution in [-0.4, -0.2) is 32.2 Å². The second-order valence-corrected chi connectivity index (χ2v) is 10.7. The van der Waals surface area contributed by atoms with Crippen LogP contribution in [0.25, 0.3) is 0 Å². The number of halogens is 1. The summed E-state index contributed by atoms with van der Waals surface area (Å²) in [5, 5.41) is 2.71. The van der Waals surface area contributed by atoms with E-state index in [4.69, 9.17) is 11.6 Å². The van der Waals surface area contributed by atoms with E-state index in [0.29, 0.717) is 10.0 Å². The maximum absolute atomic E-state index is 12.4. The molecule has 0 aliphatic heterocycles. The quantitative estimate of drug-likeness (QED) is 0.826. The summed E-state index contributed by atoms with van der Waals surface area (Å²) in [7, 11) is -2.36. The van der Waals surface area contributed by atoms with E-state index >= 15 is 0 Å². The fourth-order valence-electron chi connectivity index (χ4n) is 2.13. The number of nitrogens with zero attached hydrogens (tertiary/aromatic N) is 1. The lowest BCUT2D eigenvalue weighted by molar-refractivity contribution is -0.116. The van der Waals surface area contributed by atoms with Crippen molar-refractivity contribution in [3.8, 4) is 0 Å². The molecule has 0 saturated carbocycles. The van der Waals surface area contributed by atoms with Gasteiger partial charge in [0.1, 0.15) is 4.21 Å². The Kier molecular flexibility index (Phi) is 5.93. The van der Waals surface area contributed by atoms with Crippen molar-refractivity contribution in [3.63, 3.8) is 0 Å². The maximum Gasteiger partial charge on any atom is 0.252 e. The monoisotopic (exact) mass is 400 g/mol. The minimum absolute atomic E-state index is 0.0266. The van der Waals surface area contributed by atoms with Gasteiger partial charge >= 0.3 is 0 Å². The number of amides is 1. The van der Waals surface area contributed by atoms with E-state index < -0.39 is 15.9 Å². The van der Waals surface area contributed by atoms with Gasteiger partial charge in [0.15, 0.2) is 0 Å². The van der Waals surface area contributed by atoms with Crippen LogP contribution in [0.2, 0.25) is 4.34 Å². The van der Waals surface area contributed by atoms with E-state index in [1.54, 1.807) is 0 Å². The topological polar surface area (TPSA) is 66.5 Å². The zero-order chi connectivity index (χ0) is 18.8. The summed E-state index contributed by atoms with van der Waals surface area (Å²) in [6, 6.07) is 10.5. The molecule has 1 aromatic heterocycles. The fraction of sp³-hybridized carbons (Fsp3) is 0.353. The largest absolute Gasteiger partial charge is 0.325 e. The lowest BCUT2D eigenvalue weighted by Crippen LogP contribution is -2.34. The number of hydrogen-bond acceptors (Lipinski definition) is 4. The van der Waals surface area contributed by atoms with Crippen LogP contribution in [0.15, 0.2) is 40.6 Å². The molecule has 1 N–H and O–H groups in total. The predicted octanol–water partition coefficient (Wildman–Crippen LogP) is 3.96. The Morgan fingerprint density at radius 3 is 2.24 bits per heavy atom. The number of likely N-dealkylation sites (N-methyl/N-ethyl adjacent to an activating group) is 1. The molecule has 1 heterocycles. The lowest BCUT2D eigenvalue weighted by atomic mass is 9.87. The summed E-state index contributed by atoms with van der Waals surface area (Å²) in [5.74, 6) is -0.405. The van der Waals surface area contributed by atoms with E-state index in [1.165, 1.54) is 19.2 Å². The van der Waals surface area contributed by atoms with Gasteiger partial charge in [-0.05, 0) is 35.2 Å². The number of thiophene rings is 1. The van der Waals surface area contributed by atoms with Crippen molar-refractivity contribution in [1.82, 2.24) is 4.31 Å². The van der Waals surface area contributed by atoms with Gasteiger partial charge in [-0.1, -0.05) is 44.5 Å². The molecule has 1 amide bonds. The summed E-state index contributed by atoms with van der Waals surface area (Å²) in [4.78, 5) is 12.1. The zero-order valence-electron chi connectivity index (χ0n) is 14.5. The minimum Gasteiger partial charge on any atom is -0.325 e. The molecule has 0 bridgehead atoms. The highest BCUT2D eigenvalue weighted by Crippen LogP contribution is 2.27. The molecule has 0 atom stereocenters. The third-order valence-corrected chi connectivity index (χ3v) is 7.12. The molecule has 0 fully saturated rings. The lowest BCUT2D eigenvalue weighted by Gasteiger charge is -2.19. The van der Waals surface area contributed by atoms with E-state index in [-0.39, 0.29) is 16.2 Å². The molecular formula is C17H21ClN2O3S2. The molecule has 0 unspecified atom stereocenters. The van der Waals surface area contributed by atoms with Gasteiger partial charge in [0.2, 0.25) is 5.91 Å². The third kappa shape index (κ3) is 5.04. The summed E-state index contributed by atoms with van der Waals surface area (Å²) in [6.07, 6.45) is 0. The molecule has 25 heavy (non-hydrogen) atoms. The Labute approximate surface area is 157 Å². The first-order chi connectivity index (χ1) is 11.5. The number of anilines is 1. The van der Waals surface area contributed by atoms with Gasteiger partial charge in [0.25, 0.3) is 10.0 Å². The number of rotatable bonds is 5. The predicted molar refractivity (Wildman–Crippen MR) is 103 cm³/mol. The first-order valence-electron chi connectivity index (χ1n) is 7.62. The SMILES string of the molecule is CN(CC(=O)Nc1ccc(C(C)(C)C)cc1)S(=O)(=O)c1ccc(Cl)s1. The number of benzene rings is 1. The summed E-state index contributed by atoms with van der Waals surface area (Å²) in [6.45, 7) is 6.05. The first-order valence-corrected chi connectivity index (χ1v) is 10.3. The standard InChI is InChI=1S/C17H21ClN2O3S2/c1-17(2,3)12-5-7-13(8-6-12)19-15(21)11-20(4)25(22,23)16-10-9-14(18)24-16/h5-10H,11H2,1-4H3,(H,19,21). The Bertz CT molecular complexity index is 853. The third-order valence-electron chi connectivity index (χ3n) is 3.61. The van der Waals surface area contributed by atoms with Gasteiger partial charge in [0.05, 0.1) is 10.9 Å². The fourth-order valence-corrected chi connectivity index (χ4v) is 4.95. The van der Waals surface area contributed by atoms with E-state index in [0.717, 1.165) is 21.2 Å². The Morgan fingerprint density at radius 2 is 1.76 bits per heavy atom. The highest BCUT2D eigenvalue weighted by Gasteiger charge is 2.24. The maximum atomic E-state index is 12.4. The van der Waals surface area contributed by atoms with Crippen LogP contribution in [0.1, 0.15) is 26.3 Å². The van der Waals surface area contributed by atoms with Gasteiger partial charge in [-0.25, -0.2) is 8.42 Å². The first kappa shape index (κ1) is 19.9. The number of carbonyl (C=O) groups excluding carboxylic acids is 1. The summed E-state index contributed by atoms with van der Waals surface area (Å²) < 4.78 is 26.3. The van der Waals surface area contributed by atoms with Gasteiger partial charge in [-0.15, -0.1) is 11.3 Å². The van der Waals surface area contributed by atoms with Crippen molar-refractivity contribution in [2.45, 2.75) is 30.4 Å². The summed E-state index contributed by atoms with van der Waals surface area (Å²) >= 11 is 6.75. The highest BCUT2D eigenvalue weighted by atomic mass is 35.5. The molecule has 1 aromatic carbocycles. The highest BCUT2D eigenvalue weighted by molar-refractivity contribution is 7.91. The van der Waals surface area contributed by atoms with Crippen LogP contribution in [0, 0.1) is 0 Å². The van der Waals surface area contributed by atoms with Crippen molar-refractivity contribution in [2.75, 3.05) is 18.9 Å². The molecule has 2 rings (SSSR count). The van der Waals surface area contributed by atoms with Crippen molar-refractivity contribution < 1.29 is 13.2 Å². The van der Waals surface area contributed by atoms with Crippen molar-refractivity contribution in [1.29, 1.82) is 0 Å². The molecule has 2 aromatic rings. The number of sulfonamides is 1. The average Bonchev–Trinajstić information content (AvgIpc) is 2.94. The molecule has 0 aliphatic carbocycles. The van der Waals surface area contributed by atoms with Crippen LogP contribution in [-0.2, 0) is 20.2 Å². The van der Waals surface area contributed by atoms with E-state index in [1.807, 2.05) is 24.3 Å². The van der Waals surface area contributed by atoms with Crippen LogP contribution in [0.5, 0.6) is 0 Å². The Balaban J connectivity index is 2.02. The second-order valence-electron chi connectivity index (χ2n) is 6.70. The Morgan fingerprint density at radius 1 is 1.16 bits per heavy atom. The molecule has 8 heteroatoms. The number of carbonyl (C=O) groups is 1. The van der Waals surface area contributed by atoms with Crippen LogP contribution < -0.4 is 5.32 Å². The molecule has 0 saturated heterocycles. The van der Waals surface area contributed by atoms with E-state index in [9.17, 15) is 13.2 Å². The van der Waals surface area contributed by atoms with Crippen molar-refractivity contribution in [2.24, 2.45) is 0 Å². The molecule has 0 spiro atoms. The van der Waals surface area contributed by atoms with E-state index in [2.05, 4.69) is 26.1 Å². The number of nitrogens with one attached hydrogen (secondary N) is 1. The Hall–Kier alpha value is -1.41. The van der Waals surface area contributed by atoms with Crippen LogP contribution in [0.3, 0.4) is 0 Å². The number of hydrogen-bond donors (Lipinski definition) is 1. The zero-order valence-corrected chi connectivity index (χ0v) is 16.9. The second kappa shape index (κ2) is 7.45. The van der Waals surface area contributed by atoms with Crippen LogP contribution in [0.4, 0.5) is 5.69 Å². The van der Waals surface area contributed by atoms with Crippen LogP contribution >= 0.6 is 22.9 Å². The van der Waals surface area contributed by atoms with Crippen molar-refractivity contribution >= 4 is 44.6 Å². The molecule has 0 aliphatic rings. The van der Waals surface area contributed by atoms with Gasteiger partial charge in [0, 0.05) is 12.7 Å². The molecule has 5 nitrogen and oxygen atoms in total. The normalized spacial score (nSPS) is 12.4. The minimum atomic E-state index is -3.73. The van der Waals surface area contributed by atoms with Gasteiger partial charge < -0.3 is 5.32 Å². The molecule has 0 radical (unpaired) electrons. The smallest absolute Gasteiger partial charge is 0.252 e. The average molecular weight is 401 g/mol. The molecule has 136 valence electrons. The van der Waals surface area contributed by atoms with Gasteiger partial charge in [-0.2, -0.15) is 4.31 Å². The van der Waals surface area contributed by atoms with Gasteiger partial charge in [-0.3, -0.25) is 4.79 Å².